The predicted molar refractivity (Wildman–Crippen MR) is 111 cm³/mol. The van der Waals surface area contributed by atoms with Gasteiger partial charge in [-0.05, 0) is 24.3 Å². The number of rotatable bonds is 9. The molecular formula is C22H31N3O5. The van der Waals surface area contributed by atoms with Crippen molar-refractivity contribution in [3.05, 3.63) is 35.9 Å². The first-order valence-corrected chi connectivity index (χ1v) is 10.2. The number of nitrogens with zero attached hydrogens (tertiary/aromatic N) is 2. The van der Waals surface area contributed by atoms with E-state index in [9.17, 15) is 19.2 Å². The first-order chi connectivity index (χ1) is 14.0. The summed E-state index contributed by atoms with van der Waals surface area (Å²) in [5, 5.41) is 2.63. The average Bonchev–Trinajstić information content (AvgIpc) is 2.89. The van der Waals surface area contributed by atoms with Gasteiger partial charge in [0.25, 0.3) is 11.8 Å². The fourth-order valence-electron chi connectivity index (χ4n) is 3.38. The molecule has 1 aromatic rings. The summed E-state index contributed by atoms with van der Waals surface area (Å²) in [6.07, 6.45) is 0. The summed E-state index contributed by atoms with van der Waals surface area (Å²) < 4.78 is 5.08. The molecule has 0 aliphatic carbocycles. The van der Waals surface area contributed by atoms with E-state index in [1.54, 1.807) is 36.1 Å². The SMILES string of the molecule is CC(C)CN(CC(C)C)C(=O)COC(=O)CN1C(=O)N[C@@](C)(c2ccccc2)C1=O. The highest BCUT2D eigenvalue weighted by Gasteiger charge is 2.49. The summed E-state index contributed by atoms with van der Waals surface area (Å²) in [5.41, 5.74) is -0.632. The third kappa shape index (κ3) is 5.58. The largest absolute Gasteiger partial charge is 0.454 e. The second-order valence-corrected chi connectivity index (χ2v) is 8.56. The number of esters is 1. The van der Waals surface area contributed by atoms with E-state index in [0.29, 0.717) is 18.7 Å². The maximum Gasteiger partial charge on any atom is 0.326 e. The van der Waals surface area contributed by atoms with Gasteiger partial charge >= 0.3 is 12.0 Å². The minimum atomic E-state index is -1.25. The van der Waals surface area contributed by atoms with Crippen LogP contribution in [0.25, 0.3) is 0 Å². The lowest BCUT2D eigenvalue weighted by atomic mass is 9.92. The summed E-state index contributed by atoms with van der Waals surface area (Å²) in [5.74, 6) is -1.08. The van der Waals surface area contributed by atoms with Gasteiger partial charge in [-0.25, -0.2) is 4.79 Å². The third-order valence-electron chi connectivity index (χ3n) is 4.79. The number of benzene rings is 1. The molecule has 164 valence electrons. The van der Waals surface area contributed by atoms with Gasteiger partial charge in [0.1, 0.15) is 12.1 Å². The summed E-state index contributed by atoms with van der Waals surface area (Å²) >= 11 is 0. The van der Waals surface area contributed by atoms with Gasteiger partial charge in [-0.2, -0.15) is 0 Å². The van der Waals surface area contributed by atoms with Crippen LogP contribution in [0.4, 0.5) is 4.79 Å². The van der Waals surface area contributed by atoms with E-state index >= 15 is 0 Å². The van der Waals surface area contributed by atoms with Gasteiger partial charge < -0.3 is 15.0 Å². The Bertz CT molecular complexity index is 783. The van der Waals surface area contributed by atoms with E-state index in [4.69, 9.17) is 4.74 Å². The van der Waals surface area contributed by atoms with Gasteiger partial charge in [0.05, 0.1) is 0 Å². The molecule has 0 aromatic heterocycles. The predicted octanol–water partition coefficient (Wildman–Crippen LogP) is 2.14. The molecule has 1 N–H and O–H groups in total. The van der Waals surface area contributed by atoms with E-state index in [2.05, 4.69) is 5.32 Å². The molecule has 8 heteroatoms. The smallest absolute Gasteiger partial charge is 0.326 e. The van der Waals surface area contributed by atoms with Crippen molar-refractivity contribution in [1.82, 2.24) is 15.1 Å². The lowest BCUT2D eigenvalue weighted by Gasteiger charge is -2.26. The lowest BCUT2D eigenvalue weighted by molar-refractivity contribution is -0.154. The molecule has 0 radical (unpaired) electrons. The average molecular weight is 418 g/mol. The van der Waals surface area contributed by atoms with Crippen LogP contribution in [0.1, 0.15) is 40.2 Å². The number of urea groups is 1. The molecule has 1 fully saturated rings. The molecule has 30 heavy (non-hydrogen) atoms. The molecule has 0 bridgehead atoms. The van der Waals surface area contributed by atoms with Crippen molar-refractivity contribution in [2.45, 2.75) is 40.2 Å². The highest BCUT2D eigenvalue weighted by atomic mass is 16.5. The second kappa shape index (κ2) is 9.73. The molecule has 0 saturated carbocycles. The summed E-state index contributed by atoms with van der Waals surface area (Å²) in [6.45, 7) is 9.79. The zero-order valence-corrected chi connectivity index (χ0v) is 18.3. The number of hydrogen-bond acceptors (Lipinski definition) is 5. The van der Waals surface area contributed by atoms with E-state index in [-0.39, 0.29) is 17.7 Å². The third-order valence-corrected chi connectivity index (χ3v) is 4.79. The number of carbonyl (C=O) groups excluding carboxylic acids is 4. The number of ether oxygens (including phenoxy) is 1. The fraction of sp³-hybridized carbons (Fsp3) is 0.545. The van der Waals surface area contributed by atoms with Crippen LogP contribution in [0, 0.1) is 11.8 Å². The van der Waals surface area contributed by atoms with Gasteiger partial charge in [0.15, 0.2) is 6.61 Å². The zero-order chi connectivity index (χ0) is 22.5. The number of nitrogens with one attached hydrogen (secondary N) is 1. The summed E-state index contributed by atoms with van der Waals surface area (Å²) in [7, 11) is 0. The van der Waals surface area contributed by atoms with Crippen molar-refractivity contribution in [1.29, 1.82) is 0 Å². The molecule has 4 amide bonds. The van der Waals surface area contributed by atoms with E-state index in [1.165, 1.54) is 0 Å². The Morgan fingerprint density at radius 2 is 1.63 bits per heavy atom. The number of imide groups is 1. The molecule has 8 nitrogen and oxygen atoms in total. The molecule has 0 unspecified atom stereocenters. The first kappa shape index (κ1) is 23.4. The van der Waals surface area contributed by atoms with E-state index in [0.717, 1.165) is 4.90 Å². The molecule has 1 aliphatic heterocycles. The lowest BCUT2D eigenvalue weighted by Crippen LogP contribution is -2.42. The Kier molecular flexibility index (Phi) is 7.59. The first-order valence-electron chi connectivity index (χ1n) is 10.2. The Morgan fingerprint density at radius 3 is 2.17 bits per heavy atom. The highest BCUT2D eigenvalue weighted by molar-refractivity contribution is 6.08. The van der Waals surface area contributed by atoms with Crippen molar-refractivity contribution >= 4 is 23.8 Å². The van der Waals surface area contributed by atoms with Crippen LogP contribution in [0.15, 0.2) is 30.3 Å². The van der Waals surface area contributed by atoms with E-state index < -0.39 is 36.6 Å². The van der Waals surface area contributed by atoms with Crippen LogP contribution in [-0.2, 0) is 24.7 Å². The molecule has 1 aromatic carbocycles. The summed E-state index contributed by atoms with van der Waals surface area (Å²) in [6, 6.07) is 8.14. The molecule has 1 saturated heterocycles. The monoisotopic (exact) mass is 417 g/mol. The Morgan fingerprint density at radius 1 is 1.07 bits per heavy atom. The van der Waals surface area contributed by atoms with Crippen LogP contribution < -0.4 is 5.32 Å². The van der Waals surface area contributed by atoms with E-state index in [1.807, 2.05) is 33.8 Å². The minimum absolute atomic E-state index is 0.282. The normalized spacial score (nSPS) is 18.7. The van der Waals surface area contributed by atoms with Gasteiger partial charge in [-0.3, -0.25) is 19.3 Å². The number of amides is 4. The highest BCUT2D eigenvalue weighted by Crippen LogP contribution is 2.28. The standard InChI is InChI=1S/C22H31N3O5/c1-15(2)11-24(12-16(3)4)18(26)14-30-19(27)13-25-20(28)22(5,23-21(25)29)17-9-7-6-8-10-17/h6-10,15-16H,11-14H2,1-5H3,(H,23,29)/t22-/m0/s1. The maximum atomic E-state index is 12.8. The van der Waals surface area contributed by atoms with Crippen molar-refractivity contribution in [2.75, 3.05) is 26.2 Å². The zero-order valence-electron chi connectivity index (χ0n) is 18.3. The molecular weight excluding hydrogens is 386 g/mol. The number of hydrogen-bond donors (Lipinski definition) is 1. The van der Waals surface area contributed by atoms with Gasteiger partial charge in [-0.15, -0.1) is 0 Å². The Labute approximate surface area is 177 Å². The molecule has 1 heterocycles. The molecule has 0 spiro atoms. The van der Waals surface area contributed by atoms with Crippen molar-refractivity contribution in [3.8, 4) is 0 Å². The van der Waals surface area contributed by atoms with Gasteiger partial charge in [0.2, 0.25) is 0 Å². The van der Waals surface area contributed by atoms with Gasteiger partial charge in [-0.1, -0.05) is 58.0 Å². The summed E-state index contributed by atoms with van der Waals surface area (Å²) in [4.78, 5) is 52.3. The fourth-order valence-corrected chi connectivity index (χ4v) is 3.38. The van der Waals surface area contributed by atoms with Crippen LogP contribution in [0.5, 0.6) is 0 Å². The molecule has 1 atom stereocenters. The van der Waals surface area contributed by atoms with Crippen LogP contribution in [0.2, 0.25) is 0 Å². The van der Waals surface area contributed by atoms with Crippen LogP contribution >= 0.6 is 0 Å². The van der Waals surface area contributed by atoms with Crippen molar-refractivity contribution < 1.29 is 23.9 Å². The Hall–Kier alpha value is -2.90. The molecule has 1 aliphatic rings. The quantitative estimate of drug-likeness (QED) is 0.491. The second-order valence-electron chi connectivity index (χ2n) is 8.56. The van der Waals surface area contributed by atoms with Crippen LogP contribution in [0.3, 0.4) is 0 Å². The van der Waals surface area contributed by atoms with Crippen LogP contribution in [-0.4, -0.2) is 59.9 Å². The maximum absolute atomic E-state index is 12.8. The van der Waals surface area contributed by atoms with Crippen molar-refractivity contribution in [2.24, 2.45) is 11.8 Å². The minimum Gasteiger partial charge on any atom is -0.454 e. The van der Waals surface area contributed by atoms with Crippen molar-refractivity contribution in [3.63, 3.8) is 0 Å². The number of carbonyl (C=O) groups is 4. The molecule has 2 rings (SSSR count). The topological polar surface area (TPSA) is 96.0 Å². The Balaban J connectivity index is 1.96. The van der Waals surface area contributed by atoms with Gasteiger partial charge in [0, 0.05) is 13.1 Å².